The Hall–Kier alpha value is -3.48. The number of rotatable bonds is 5. The fourth-order valence-electron chi connectivity index (χ4n) is 3.72. The lowest BCUT2D eigenvalue weighted by atomic mass is 9.96. The van der Waals surface area contributed by atoms with Crippen molar-refractivity contribution in [3.8, 4) is 5.69 Å². The first-order valence-electron chi connectivity index (χ1n) is 10.00. The molecule has 2 heterocycles. The summed E-state index contributed by atoms with van der Waals surface area (Å²) in [4.78, 5) is 31.1. The van der Waals surface area contributed by atoms with Gasteiger partial charge in [-0.3, -0.25) is 9.59 Å². The van der Waals surface area contributed by atoms with E-state index >= 15 is 0 Å². The van der Waals surface area contributed by atoms with Crippen LogP contribution in [-0.2, 0) is 11.3 Å². The molecule has 1 N–H and O–H groups in total. The zero-order valence-corrected chi connectivity index (χ0v) is 16.5. The van der Waals surface area contributed by atoms with E-state index in [-0.39, 0.29) is 23.5 Å². The summed E-state index contributed by atoms with van der Waals surface area (Å²) in [5, 5.41) is 3.00. The van der Waals surface area contributed by atoms with Gasteiger partial charge in [0, 0.05) is 43.3 Å². The molecule has 1 saturated heterocycles. The van der Waals surface area contributed by atoms with E-state index < -0.39 is 0 Å². The third-order valence-corrected chi connectivity index (χ3v) is 5.35. The zero-order chi connectivity index (χ0) is 20.9. The highest BCUT2D eigenvalue weighted by molar-refractivity contribution is 5.94. The first-order valence-corrected chi connectivity index (χ1v) is 10.00. The second-order valence-electron chi connectivity index (χ2n) is 7.45. The Morgan fingerprint density at radius 3 is 2.77 bits per heavy atom. The molecule has 0 saturated carbocycles. The van der Waals surface area contributed by atoms with Gasteiger partial charge in [0.2, 0.25) is 5.91 Å². The first-order chi connectivity index (χ1) is 14.6. The van der Waals surface area contributed by atoms with E-state index in [4.69, 9.17) is 0 Å². The van der Waals surface area contributed by atoms with E-state index in [1.807, 2.05) is 35.0 Å². The maximum atomic E-state index is 13.1. The van der Waals surface area contributed by atoms with Crippen molar-refractivity contribution in [1.82, 2.24) is 19.8 Å². The number of aromatic nitrogens is 2. The van der Waals surface area contributed by atoms with Gasteiger partial charge in [-0.25, -0.2) is 9.37 Å². The molecule has 0 radical (unpaired) electrons. The van der Waals surface area contributed by atoms with Crippen molar-refractivity contribution < 1.29 is 14.0 Å². The summed E-state index contributed by atoms with van der Waals surface area (Å²) in [6.07, 6.45) is 6.82. The van der Waals surface area contributed by atoms with Crippen LogP contribution in [0.1, 0.15) is 28.8 Å². The van der Waals surface area contributed by atoms with Crippen molar-refractivity contribution in [2.75, 3.05) is 13.1 Å². The van der Waals surface area contributed by atoms with E-state index in [9.17, 15) is 14.0 Å². The lowest BCUT2D eigenvalue weighted by Gasteiger charge is -2.32. The number of benzene rings is 2. The van der Waals surface area contributed by atoms with Crippen LogP contribution >= 0.6 is 0 Å². The second kappa shape index (κ2) is 8.90. The van der Waals surface area contributed by atoms with E-state index in [1.54, 1.807) is 17.4 Å². The first kappa shape index (κ1) is 19.8. The van der Waals surface area contributed by atoms with Crippen molar-refractivity contribution in [2.24, 2.45) is 5.92 Å². The Morgan fingerprint density at radius 1 is 1.17 bits per heavy atom. The molecule has 1 aliphatic heterocycles. The van der Waals surface area contributed by atoms with Gasteiger partial charge in [-0.1, -0.05) is 12.1 Å². The van der Waals surface area contributed by atoms with Crippen LogP contribution in [0, 0.1) is 11.7 Å². The predicted molar refractivity (Wildman–Crippen MR) is 110 cm³/mol. The quantitative estimate of drug-likeness (QED) is 0.708. The summed E-state index contributed by atoms with van der Waals surface area (Å²) in [5.41, 5.74) is 2.41. The SMILES string of the molecule is O=C(NCc1cccc(-n2ccnc2)c1)[C@H]1CCCN(C(=O)c2ccc(F)cc2)C1. The maximum Gasteiger partial charge on any atom is 0.253 e. The highest BCUT2D eigenvalue weighted by Crippen LogP contribution is 2.19. The standard InChI is InChI=1S/C23H23FN4O2/c24-20-8-6-18(7-9-20)23(30)27-11-2-4-19(15-27)22(29)26-14-17-3-1-5-21(13-17)28-12-10-25-16-28/h1,3,5-10,12-13,16,19H,2,4,11,14-15H2,(H,26,29)/t19-/m0/s1. The number of halogens is 1. The lowest BCUT2D eigenvalue weighted by Crippen LogP contribution is -2.45. The van der Waals surface area contributed by atoms with Crippen molar-refractivity contribution in [1.29, 1.82) is 0 Å². The molecular weight excluding hydrogens is 383 g/mol. The molecule has 2 amide bonds. The monoisotopic (exact) mass is 406 g/mol. The van der Waals surface area contributed by atoms with Gasteiger partial charge >= 0.3 is 0 Å². The third kappa shape index (κ3) is 4.56. The average molecular weight is 406 g/mol. The number of hydrogen-bond donors (Lipinski definition) is 1. The van der Waals surface area contributed by atoms with Gasteiger partial charge in [-0.2, -0.15) is 0 Å². The molecule has 1 aromatic heterocycles. The minimum atomic E-state index is -0.375. The molecule has 0 spiro atoms. The minimum Gasteiger partial charge on any atom is -0.352 e. The topological polar surface area (TPSA) is 67.2 Å². The highest BCUT2D eigenvalue weighted by Gasteiger charge is 2.28. The Kier molecular flexibility index (Phi) is 5.88. The number of nitrogens with zero attached hydrogens (tertiary/aromatic N) is 3. The van der Waals surface area contributed by atoms with Gasteiger partial charge in [0.25, 0.3) is 5.91 Å². The molecule has 7 heteroatoms. The molecule has 2 aromatic carbocycles. The predicted octanol–water partition coefficient (Wildman–Crippen LogP) is 3.18. The van der Waals surface area contributed by atoms with E-state index in [1.165, 1.54) is 24.3 Å². The van der Waals surface area contributed by atoms with Crippen molar-refractivity contribution in [3.05, 3.63) is 84.2 Å². The van der Waals surface area contributed by atoms with E-state index in [0.717, 1.165) is 24.1 Å². The fraction of sp³-hybridized carbons (Fsp3) is 0.261. The van der Waals surface area contributed by atoms with Crippen LogP contribution in [0.2, 0.25) is 0 Å². The van der Waals surface area contributed by atoms with Gasteiger partial charge in [-0.15, -0.1) is 0 Å². The molecular formula is C23H23FN4O2. The summed E-state index contributed by atoms with van der Waals surface area (Å²) in [7, 11) is 0. The lowest BCUT2D eigenvalue weighted by molar-refractivity contribution is -0.126. The van der Waals surface area contributed by atoms with Crippen LogP contribution in [0.15, 0.2) is 67.3 Å². The summed E-state index contributed by atoms with van der Waals surface area (Å²) in [6, 6.07) is 13.4. The summed E-state index contributed by atoms with van der Waals surface area (Å²) >= 11 is 0. The second-order valence-corrected chi connectivity index (χ2v) is 7.45. The summed E-state index contributed by atoms with van der Waals surface area (Å²) in [6.45, 7) is 1.40. The molecule has 0 aliphatic carbocycles. The Bertz CT molecular complexity index is 1020. The zero-order valence-electron chi connectivity index (χ0n) is 16.5. The molecule has 3 aromatic rings. The van der Waals surface area contributed by atoms with Crippen LogP contribution < -0.4 is 5.32 Å². The molecule has 0 bridgehead atoms. The van der Waals surface area contributed by atoms with E-state index in [2.05, 4.69) is 10.3 Å². The number of likely N-dealkylation sites (tertiary alicyclic amines) is 1. The Balaban J connectivity index is 1.35. The molecule has 1 atom stereocenters. The van der Waals surface area contributed by atoms with Gasteiger partial charge in [-0.05, 0) is 54.8 Å². The molecule has 6 nitrogen and oxygen atoms in total. The van der Waals surface area contributed by atoms with Crippen molar-refractivity contribution >= 4 is 11.8 Å². The van der Waals surface area contributed by atoms with Crippen LogP contribution in [0.4, 0.5) is 4.39 Å². The minimum absolute atomic E-state index is 0.0559. The number of imidazole rings is 1. The van der Waals surface area contributed by atoms with Crippen LogP contribution in [0.25, 0.3) is 5.69 Å². The average Bonchev–Trinajstić information content (AvgIpc) is 3.33. The molecule has 1 fully saturated rings. The normalized spacial score (nSPS) is 16.3. The summed E-state index contributed by atoms with van der Waals surface area (Å²) in [5.74, 6) is -0.847. The van der Waals surface area contributed by atoms with Gasteiger partial charge in [0.15, 0.2) is 0 Å². The molecule has 30 heavy (non-hydrogen) atoms. The number of hydrogen-bond acceptors (Lipinski definition) is 3. The molecule has 1 aliphatic rings. The number of nitrogens with one attached hydrogen (secondary N) is 1. The van der Waals surface area contributed by atoms with Gasteiger partial charge in [0.05, 0.1) is 12.2 Å². The van der Waals surface area contributed by atoms with Gasteiger partial charge in [0.1, 0.15) is 5.82 Å². The Morgan fingerprint density at radius 2 is 2.00 bits per heavy atom. The maximum absolute atomic E-state index is 13.1. The number of carbonyl (C=O) groups is 2. The number of piperidine rings is 1. The summed E-state index contributed by atoms with van der Waals surface area (Å²) < 4.78 is 15.0. The van der Waals surface area contributed by atoms with Gasteiger partial charge < -0.3 is 14.8 Å². The smallest absolute Gasteiger partial charge is 0.253 e. The van der Waals surface area contributed by atoms with Crippen molar-refractivity contribution in [2.45, 2.75) is 19.4 Å². The molecule has 154 valence electrons. The number of carbonyl (C=O) groups excluding carboxylic acids is 2. The number of amides is 2. The van der Waals surface area contributed by atoms with Crippen LogP contribution in [0.5, 0.6) is 0 Å². The Labute approximate surface area is 174 Å². The largest absolute Gasteiger partial charge is 0.352 e. The fourth-order valence-corrected chi connectivity index (χ4v) is 3.72. The van der Waals surface area contributed by atoms with Crippen LogP contribution in [-0.4, -0.2) is 39.4 Å². The highest BCUT2D eigenvalue weighted by atomic mass is 19.1. The molecule has 4 rings (SSSR count). The van der Waals surface area contributed by atoms with Crippen molar-refractivity contribution in [3.63, 3.8) is 0 Å². The van der Waals surface area contributed by atoms with E-state index in [0.29, 0.717) is 25.2 Å². The molecule has 0 unspecified atom stereocenters. The van der Waals surface area contributed by atoms with Crippen LogP contribution in [0.3, 0.4) is 0 Å². The third-order valence-electron chi connectivity index (χ3n) is 5.35.